The van der Waals surface area contributed by atoms with Crippen LogP contribution in [0, 0.1) is 13.8 Å². The van der Waals surface area contributed by atoms with Crippen molar-refractivity contribution in [3.8, 4) is 17.2 Å². The molecule has 0 aliphatic heterocycles. The lowest BCUT2D eigenvalue weighted by molar-refractivity contribution is 0.0910. The summed E-state index contributed by atoms with van der Waals surface area (Å²) in [6.07, 6.45) is 0.636. The average molecular weight is 460 g/mol. The van der Waals surface area contributed by atoms with Crippen molar-refractivity contribution in [1.82, 2.24) is 29.8 Å². The third-order valence-electron chi connectivity index (χ3n) is 5.31. The van der Waals surface area contributed by atoms with Gasteiger partial charge in [0.05, 0.1) is 5.69 Å². The van der Waals surface area contributed by atoms with E-state index in [9.17, 15) is 14.4 Å². The summed E-state index contributed by atoms with van der Waals surface area (Å²) in [5.74, 6) is -1.03. The van der Waals surface area contributed by atoms with Crippen LogP contribution in [0.5, 0.6) is 0 Å². The number of hydrogen-bond donors (Lipinski definition) is 1. The van der Waals surface area contributed by atoms with Crippen molar-refractivity contribution in [2.45, 2.75) is 33.7 Å². The highest BCUT2D eigenvalue weighted by Gasteiger charge is 2.22. The Hall–Kier alpha value is -4.34. The van der Waals surface area contributed by atoms with Gasteiger partial charge in [-0.3, -0.25) is 14.2 Å². The van der Waals surface area contributed by atoms with Gasteiger partial charge in [0.1, 0.15) is 0 Å². The van der Waals surface area contributed by atoms with Crippen LogP contribution in [0.25, 0.3) is 17.2 Å². The largest absolute Gasteiger partial charge is 0.352 e. The van der Waals surface area contributed by atoms with Gasteiger partial charge in [-0.15, -0.1) is 0 Å². The molecule has 4 rings (SSSR count). The number of carbonyl (C=O) groups excluding carboxylic acids is 1. The molecule has 0 fully saturated rings. The molecule has 0 unspecified atom stereocenters. The van der Waals surface area contributed by atoms with E-state index in [1.165, 1.54) is 0 Å². The summed E-state index contributed by atoms with van der Waals surface area (Å²) < 4.78 is 7.21. The molecule has 2 aromatic heterocycles. The SMILES string of the molecule is CCn1c(=O)c(-c2noc(C(=O)NCCc3ccc(C)cc3)n2)nn(-c2ccc(C)cc2)c1=O. The van der Waals surface area contributed by atoms with Crippen LogP contribution in [0.15, 0.2) is 62.6 Å². The second-order valence-electron chi connectivity index (χ2n) is 7.84. The number of aromatic nitrogens is 5. The predicted octanol–water partition coefficient (Wildman–Crippen LogP) is 2.05. The van der Waals surface area contributed by atoms with E-state index in [0.29, 0.717) is 18.7 Å². The molecule has 0 aliphatic carbocycles. The number of rotatable bonds is 7. The van der Waals surface area contributed by atoms with Gasteiger partial charge >= 0.3 is 17.5 Å². The summed E-state index contributed by atoms with van der Waals surface area (Å²) in [6, 6.07) is 15.1. The molecule has 1 amide bonds. The van der Waals surface area contributed by atoms with Crippen molar-refractivity contribution in [3.05, 3.63) is 92.0 Å². The maximum absolute atomic E-state index is 12.9. The van der Waals surface area contributed by atoms with Crippen molar-refractivity contribution >= 4 is 5.91 Å². The van der Waals surface area contributed by atoms with Gasteiger partial charge < -0.3 is 9.84 Å². The number of hydrogen-bond acceptors (Lipinski definition) is 7. The number of nitrogens with one attached hydrogen (secondary N) is 1. The molecule has 0 spiro atoms. The summed E-state index contributed by atoms with van der Waals surface area (Å²) in [6.45, 7) is 6.11. The monoisotopic (exact) mass is 460 g/mol. The Bertz CT molecular complexity index is 1430. The van der Waals surface area contributed by atoms with Gasteiger partial charge in [-0.2, -0.15) is 14.8 Å². The number of nitrogens with zero attached hydrogens (tertiary/aromatic N) is 5. The summed E-state index contributed by atoms with van der Waals surface area (Å²) >= 11 is 0. The Kier molecular flexibility index (Phi) is 6.48. The van der Waals surface area contributed by atoms with E-state index in [1.54, 1.807) is 19.1 Å². The first-order valence-electron chi connectivity index (χ1n) is 10.9. The Morgan fingerprint density at radius 3 is 2.29 bits per heavy atom. The van der Waals surface area contributed by atoms with Gasteiger partial charge in [-0.25, -0.2) is 4.79 Å². The molecule has 0 atom stereocenters. The summed E-state index contributed by atoms with van der Waals surface area (Å²) in [7, 11) is 0. The van der Waals surface area contributed by atoms with Gasteiger partial charge in [-0.1, -0.05) is 52.7 Å². The molecule has 0 radical (unpaired) electrons. The first-order valence-corrected chi connectivity index (χ1v) is 10.9. The molecule has 0 saturated heterocycles. The van der Waals surface area contributed by atoms with E-state index in [0.717, 1.165) is 25.9 Å². The highest BCUT2D eigenvalue weighted by atomic mass is 16.5. The smallest absolute Gasteiger partial charge is 0.347 e. The van der Waals surface area contributed by atoms with Crippen molar-refractivity contribution in [3.63, 3.8) is 0 Å². The van der Waals surface area contributed by atoms with Gasteiger partial charge in [0.25, 0.3) is 5.56 Å². The fourth-order valence-electron chi connectivity index (χ4n) is 3.35. The highest BCUT2D eigenvalue weighted by Crippen LogP contribution is 2.11. The minimum atomic E-state index is -0.664. The summed E-state index contributed by atoms with van der Waals surface area (Å²) in [5.41, 5.74) is 2.30. The first-order chi connectivity index (χ1) is 16.4. The number of amides is 1. The van der Waals surface area contributed by atoms with Gasteiger partial charge in [-0.05, 0) is 44.9 Å². The first kappa shape index (κ1) is 22.8. The molecule has 174 valence electrons. The van der Waals surface area contributed by atoms with Gasteiger partial charge in [0.2, 0.25) is 5.82 Å². The minimum Gasteiger partial charge on any atom is -0.347 e. The molecule has 1 N–H and O–H groups in total. The Balaban J connectivity index is 1.58. The average Bonchev–Trinajstić information content (AvgIpc) is 3.32. The molecule has 0 aliphatic rings. The van der Waals surface area contributed by atoms with Crippen LogP contribution in [-0.4, -0.2) is 36.9 Å². The maximum atomic E-state index is 12.9. The number of aryl methyl sites for hydroxylation is 2. The lowest BCUT2D eigenvalue weighted by Crippen LogP contribution is -2.41. The number of benzene rings is 2. The fraction of sp³-hybridized carbons (Fsp3) is 0.250. The second-order valence-corrected chi connectivity index (χ2v) is 7.84. The third-order valence-corrected chi connectivity index (χ3v) is 5.31. The van der Waals surface area contributed by atoms with Crippen LogP contribution in [0.3, 0.4) is 0 Å². The second kappa shape index (κ2) is 9.65. The Morgan fingerprint density at radius 2 is 1.65 bits per heavy atom. The van der Waals surface area contributed by atoms with Crippen molar-refractivity contribution in [2.75, 3.05) is 6.54 Å². The topological polar surface area (TPSA) is 125 Å². The molecule has 10 heteroatoms. The molecule has 0 saturated carbocycles. The standard InChI is InChI=1S/C24H24N6O4/c1-4-29-23(32)19(27-30(24(29)33)18-11-7-16(3)8-12-18)20-26-22(34-28-20)21(31)25-14-13-17-9-5-15(2)6-10-17/h5-12H,4,13-14H2,1-3H3,(H,25,31). The Labute approximate surface area is 194 Å². The summed E-state index contributed by atoms with van der Waals surface area (Å²) in [4.78, 5) is 42.1. The van der Waals surface area contributed by atoms with Crippen molar-refractivity contribution in [1.29, 1.82) is 0 Å². The van der Waals surface area contributed by atoms with E-state index in [2.05, 4.69) is 20.6 Å². The molecule has 34 heavy (non-hydrogen) atoms. The molecule has 2 aromatic carbocycles. The maximum Gasteiger partial charge on any atom is 0.352 e. The van der Waals surface area contributed by atoms with E-state index in [-0.39, 0.29) is 24.0 Å². The zero-order valence-electron chi connectivity index (χ0n) is 19.1. The lowest BCUT2D eigenvalue weighted by atomic mass is 10.1. The van der Waals surface area contributed by atoms with Crippen LogP contribution in [0.1, 0.15) is 34.3 Å². The predicted molar refractivity (Wildman–Crippen MR) is 125 cm³/mol. The Morgan fingerprint density at radius 1 is 1.00 bits per heavy atom. The quantitative estimate of drug-likeness (QED) is 0.447. The molecular weight excluding hydrogens is 436 g/mol. The molecular formula is C24H24N6O4. The van der Waals surface area contributed by atoms with Crippen molar-refractivity contribution in [2.24, 2.45) is 0 Å². The van der Waals surface area contributed by atoms with Crippen LogP contribution in [0.4, 0.5) is 0 Å². The van der Waals surface area contributed by atoms with Crippen LogP contribution in [-0.2, 0) is 13.0 Å². The zero-order chi connectivity index (χ0) is 24.2. The van der Waals surface area contributed by atoms with Crippen LogP contribution in [0.2, 0.25) is 0 Å². The zero-order valence-corrected chi connectivity index (χ0v) is 19.1. The van der Waals surface area contributed by atoms with E-state index < -0.39 is 17.2 Å². The van der Waals surface area contributed by atoms with E-state index in [1.807, 2.05) is 50.2 Å². The molecule has 2 heterocycles. The molecule has 10 nitrogen and oxygen atoms in total. The lowest BCUT2D eigenvalue weighted by Gasteiger charge is -2.09. The molecule has 4 aromatic rings. The number of carbonyl (C=O) groups is 1. The van der Waals surface area contributed by atoms with Crippen LogP contribution < -0.4 is 16.6 Å². The normalized spacial score (nSPS) is 10.9. The van der Waals surface area contributed by atoms with E-state index >= 15 is 0 Å². The van der Waals surface area contributed by atoms with Crippen LogP contribution >= 0.6 is 0 Å². The highest BCUT2D eigenvalue weighted by molar-refractivity contribution is 5.89. The summed E-state index contributed by atoms with van der Waals surface area (Å²) in [5, 5.41) is 10.7. The van der Waals surface area contributed by atoms with Gasteiger partial charge in [0.15, 0.2) is 5.69 Å². The van der Waals surface area contributed by atoms with E-state index in [4.69, 9.17) is 4.52 Å². The van der Waals surface area contributed by atoms with Crippen molar-refractivity contribution < 1.29 is 9.32 Å². The van der Waals surface area contributed by atoms with Gasteiger partial charge in [0, 0.05) is 13.1 Å². The minimum absolute atomic E-state index is 0.128. The molecule has 0 bridgehead atoms. The fourth-order valence-corrected chi connectivity index (χ4v) is 3.35. The third kappa shape index (κ3) is 4.70.